The molecule has 3 rings (SSSR count). The van der Waals surface area contributed by atoms with Gasteiger partial charge in [-0.05, 0) is 18.2 Å². The van der Waals surface area contributed by atoms with E-state index in [0.29, 0.717) is 15.9 Å². The summed E-state index contributed by atoms with van der Waals surface area (Å²) in [4.78, 5) is 8.25. The van der Waals surface area contributed by atoms with E-state index in [0.717, 1.165) is 16.5 Å². The number of aromatic nitrogens is 2. The third-order valence-electron chi connectivity index (χ3n) is 2.82. The Morgan fingerprint density at radius 2 is 1.85 bits per heavy atom. The summed E-state index contributed by atoms with van der Waals surface area (Å²) >= 11 is 17.9. The second kappa shape index (κ2) is 5.44. The van der Waals surface area contributed by atoms with Crippen molar-refractivity contribution < 1.29 is 0 Å². The number of rotatable bonds is 2. The van der Waals surface area contributed by atoms with Gasteiger partial charge in [-0.1, -0.05) is 46.9 Å². The molecule has 0 fully saturated rings. The fraction of sp³-hybridized carbons (Fsp3) is 0. The Hall–Kier alpha value is -1.55. The number of anilines is 2. The van der Waals surface area contributed by atoms with Crippen LogP contribution in [0.4, 0.5) is 11.5 Å². The molecule has 0 aliphatic heterocycles. The van der Waals surface area contributed by atoms with Crippen LogP contribution in [0.15, 0.2) is 42.7 Å². The first-order chi connectivity index (χ1) is 9.65. The Labute approximate surface area is 130 Å². The number of benzene rings is 1. The minimum Gasteiger partial charge on any atom is -0.338 e. The number of nitrogens with one attached hydrogen (secondary N) is 1. The van der Waals surface area contributed by atoms with Gasteiger partial charge in [0, 0.05) is 28.9 Å². The molecular formula is C14H8Cl3N3. The summed E-state index contributed by atoms with van der Waals surface area (Å²) in [6, 6.07) is 9.33. The van der Waals surface area contributed by atoms with Crippen LogP contribution in [0.1, 0.15) is 0 Å². The first-order valence-corrected chi connectivity index (χ1v) is 6.90. The molecule has 0 aliphatic rings. The van der Waals surface area contributed by atoms with Gasteiger partial charge >= 0.3 is 0 Å². The quantitative estimate of drug-likeness (QED) is 0.647. The van der Waals surface area contributed by atoms with Crippen molar-refractivity contribution in [2.24, 2.45) is 0 Å². The van der Waals surface area contributed by atoms with Crippen molar-refractivity contribution in [3.63, 3.8) is 0 Å². The van der Waals surface area contributed by atoms with E-state index >= 15 is 0 Å². The van der Waals surface area contributed by atoms with Crippen molar-refractivity contribution in [1.82, 2.24) is 9.97 Å². The number of nitrogens with zero attached hydrogens (tertiary/aromatic N) is 2. The highest BCUT2D eigenvalue weighted by atomic mass is 35.5. The van der Waals surface area contributed by atoms with Crippen LogP contribution in [-0.4, -0.2) is 9.97 Å². The lowest BCUT2D eigenvalue weighted by Crippen LogP contribution is -1.96. The van der Waals surface area contributed by atoms with Gasteiger partial charge in [-0.2, -0.15) is 0 Å². The maximum absolute atomic E-state index is 6.12. The highest BCUT2D eigenvalue weighted by Crippen LogP contribution is 2.32. The molecule has 100 valence electrons. The van der Waals surface area contributed by atoms with Gasteiger partial charge in [0.05, 0.1) is 10.0 Å². The number of hydrogen-bond acceptors (Lipinski definition) is 3. The number of hydrogen-bond donors (Lipinski definition) is 1. The minimum absolute atomic E-state index is 0.209. The molecule has 6 heteroatoms. The van der Waals surface area contributed by atoms with E-state index in [9.17, 15) is 0 Å². The van der Waals surface area contributed by atoms with Crippen molar-refractivity contribution in [2.75, 3.05) is 5.32 Å². The van der Waals surface area contributed by atoms with Crippen molar-refractivity contribution in [1.29, 1.82) is 0 Å². The van der Waals surface area contributed by atoms with Crippen LogP contribution in [0.3, 0.4) is 0 Å². The SMILES string of the molecule is Clc1cc(Cl)c(Nc2cccc3cnccc23)nc1Cl. The predicted molar refractivity (Wildman–Crippen MR) is 84.3 cm³/mol. The molecular weight excluding hydrogens is 317 g/mol. The molecule has 0 spiro atoms. The van der Waals surface area contributed by atoms with Crippen LogP contribution in [0, 0.1) is 0 Å². The first-order valence-electron chi connectivity index (χ1n) is 5.76. The van der Waals surface area contributed by atoms with Gasteiger partial charge in [-0.15, -0.1) is 0 Å². The van der Waals surface area contributed by atoms with E-state index < -0.39 is 0 Å². The molecule has 0 saturated heterocycles. The second-order valence-corrected chi connectivity index (χ2v) is 5.29. The highest BCUT2D eigenvalue weighted by Gasteiger charge is 2.09. The largest absolute Gasteiger partial charge is 0.338 e. The van der Waals surface area contributed by atoms with Crippen molar-refractivity contribution in [3.8, 4) is 0 Å². The van der Waals surface area contributed by atoms with Gasteiger partial charge in [0.25, 0.3) is 0 Å². The van der Waals surface area contributed by atoms with Crippen molar-refractivity contribution in [2.45, 2.75) is 0 Å². The van der Waals surface area contributed by atoms with Crippen LogP contribution in [0.25, 0.3) is 10.8 Å². The average molecular weight is 325 g/mol. The molecule has 0 aliphatic carbocycles. The lowest BCUT2D eigenvalue weighted by atomic mass is 10.1. The highest BCUT2D eigenvalue weighted by molar-refractivity contribution is 6.43. The average Bonchev–Trinajstić information content (AvgIpc) is 2.45. The lowest BCUT2D eigenvalue weighted by Gasteiger charge is -2.11. The zero-order valence-corrected chi connectivity index (χ0v) is 12.3. The van der Waals surface area contributed by atoms with E-state index in [4.69, 9.17) is 34.8 Å². The fourth-order valence-electron chi connectivity index (χ4n) is 1.89. The van der Waals surface area contributed by atoms with Crippen molar-refractivity contribution in [3.05, 3.63) is 57.9 Å². The topological polar surface area (TPSA) is 37.8 Å². The summed E-state index contributed by atoms with van der Waals surface area (Å²) in [6.07, 6.45) is 3.53. The van der Waals surface area contributed by atoms with Gasteiger partial charge in [-0.25, -0.2) is 4.98 Å². The molecule has 0 atom stereocenters. The molecule has 1 N–H and O–H groups in total. The van der Waals surface area contributed by atoms with Crippen LogP contribution >= 0.6 is 34.8 Å². The zero-order valence-electron chi connectivity index (χ0n) is 10.1. The predicted octanol–water partition coefficient (Wildman–Crippen LogP) is 5.33. The first kappa shape index (κ1) is 13.4. The van der Waals surface area contributed by atoms with Crippen LogP contribution < -0.4 is 5.32 Å². The van der Waals surface area contributed by atoms with Crippen molar-refractivity contribution >= 4 is 57.1 Å². The minimum atomic E-state index is 0.209. The third kappa shape index (κ3) is 2.52. The molecule has 0 radical (unpaired) electrons. The van der Waals surface area contributed by atoms with Crippen LogP contribution in [-0.2, 0) is 0 Å². The molecule has 0 unspecified atom stereocenters. The van der Waals surface area contributed by atoms with Crippen LogP contribution in [0.2, 0.25) is 15.2 Å². The second-order valence-electron chi connectivity index (χ2n) is 4.12. The summed E-state index contributed by atoms with van der Waals surface area (Å²) in [7, 11) is 0. The Morgan fingerprint density at radius 3 is 2.70 bits per heavy atom. The molecule has 20 heavy (non-hydrogen) atoms. The maximum Gasteiger partial charge on any atom is 0.151 e. The molecule has 0 bridgehead atoms. The molecule has 1 aromatic carbocycles. The summed E-state index contributed by atoms with van der Waals surface area (Å²) in [5.74, 6) is 0.463. The third-order valence-corrected chi connectivity index (χ3v) is 3.78. The Morgan fingerprint density at radius 1 is 1.00 bits per heavy atom. The summed E-state index contributed by atoms with van der Waals surface area (Å²) in [6.45, 7) is 0. The van der Waals surface area contributed by atoms with Gasteiger partial charge in [0.15, 0.2) is 5.82 Å². The van der Waals surface area contributed by atoms with Crippen LogP contribution in [0.5, 0.6) is 0 Å². The number of pyridine rings is 2. The molecule has 2 aromatic heterocycles. The molecule has 3 aromatic rings. The van der Waals surface area contributed by atoms with Gasteiger partial charge < -0.3 is 5.32 Å². The maximum atomic E-state index is 6.12. The monoisotopic (exact) mass is 323 g/mol. The zero-order chi connectivity index (χ0) is 14.1. The Bertz CT molecular complexity index is 784. The Kier molecular flexibility index (Phi) is 3.66. The van der Waals surface area contributed by atoms with E-state index in [2.05, 4.69) is 15.3 Å². The molecule has 2 heterocycles. The lowest BCUT2D eigenvalue weighted by molar-refractivity contribution is 1.31. The molecule has 3 nitrogen and oxygen atoms in total. The van der Waals surface area contributed by atoms with Gasteiger partial charge in [-0.3, -0.25) is 4.98 Å². The molecule has 0 saturated carbocycles. The summed E-state index contributed by atoms with van der Waals surface area (Å²) in [5, 5.41) is 6.15. The van der Waals surface area contributed by atoms with Gasteiger partial charge in [0.1, 0.15) is 5.15 Å². The van der Waals surface area contributed by atoms with E-state index in [1.54, 1.807) is 18.5 Å². The normalized spacial score (nSPS) is 10.8. The summed E-state index contributed by atoms with van der Waals surface area (Å²) < 4.78 is 0. The number of fused-ring (bicyclic) bond motifs is 1. The van der Waals surface area contributed by atoms with Gasteiger partial charge in [0.2, 0.25) is 0 Å². The Balaban J connectivity index is 2.08. The number of halogens is 3. The van der Waals surface area contributed by atoms with E-state index in [1.807, 2.05) is 24.3 Å². The summed E-state index contributed by atoms with van der Waals surface area (Å²) in [5.41, 5.74) is 0.873. The van der Waals surface area contributed by atoms with E-state index in [1.165, 1.54) is 0 Å². The standard InChI is InChI=1S/C14H8Cl3N3/c15-10-6-11(16)14(20-13(10)17)19-12-3-1-2-8-7-18-5-4-9(8)12/h1-7H,(H,19,20). The smallest absolute Gasteiger partial charge is 0.151 e. The van der Waals surface area contributed by atoms with E-state index in [-0.39, 0.29) is 5.15 Å². The fourth-order valence-corrected chi connectivity index (χ4v) is 2.44. The molecule has 0 amide bonds.